The van der Waals surface area contributed by atoms with Crippen LogP contribution in [-0.2, 0) is 4.79 Å². The average Bonchev–Trinajstić information content (AvgIpc) is 2.71. The first-order chi connectivity index (χ1) is 13.9. The number of thioether (sulfide) groups is 1. The molecule has 0 fully saturated rings. The topological polar surface area (TPSA) is 71.1 Å². The third-order valence-electron chi connectivity index (χ3n) is 3.86. The van der Waals surface area contributed by atoms with Gasteiger partial charge in [0.15, 0.2) is 0 Å². The fourth-order valence-electron chi connectivity index (χ4n) is 2.39. The van der Waals surface area contributed by atoms with Crippen molar-refractivity contribution in [3.63, 3.8) is 0 Å². The molecule has 8 heteroatoms. The summed E-state index contributed by atoms with van der Waals surface area (Å²) in [5.74, 6) is 0.0465. The van der Waals surface area contributed by atoms with Gasteiger partial charge in [0.2, 0.25) is 5.91 Å². The highest BCUT2D eigenvalue weighted by molar-refractivity contribution is 8.00. The number of anilines is 2. The van der Waals surface area contributed by atoms with Gasteiger partial charge in [-0.25, -0.2) is 4.98 Å². The van der Waals surface area contributed by atoms with Gasteiger partial charge in [-0.1, -0.05) is 29.3 Å². The van der Waals surface area contributed by atoms with Gasteiger partial charge >= 0.3 is 0 Å². The van der Waals surface area contributed by atoms with Crippen LogP contribution in [0.2, 0.25) is 10.0 Å². The summed E-state index contributed by atoms with van der Waals surface area (Å²) >= 11 is 13.1. The highest BCUT2D eigenvalue weighted by Crippen LogP contribution is 2.26. The van der Waals surface area contributed by atoms with E-state index < -0.39 is 0 Å². The first-order valence-corrected chi connectivity index (χ1v) is 10.3. The zero-order valence-electron chi connectivity index (χ0n) is 15.4. The van der Waals surface area contributed by atoms with Crippen LogP contribution in [0.15, 0.2) is 71.8 Å². The number of aromatic nitrogens is 1. The summed E-state index contributed by atoms with van der Waals surface area (Å²) in [6, 6.07) is 17.3. The smallest absolute Gasteiger partial charge is 0.255 e. The Morgan fingerprint density at radius 2 is 1.72 bits per heavy atom. The van der Waals surface area contributed by atoms with Crippen molar-refractivity contribution >= 4 is 58.3 Å². The fraction of sp³-hybridized carbons (Fsp3) is 0.0952. The molecule has 148 valence electrons. The minimum absolute atomic E-state index is 0.164. The number of carbonyl (C=O) groups excluding carboxylic acids is 2. The van der Waals surface area contributed by atoms with Crippen LogP contribution in [0, 0.1) is 0 Å². The van der Waals surface area contributed by atoms with Crippen molar-refractivity contribution in [2.75, 3.05) is 10.6 Å². The number of hydrogen-bond donors (Lipinski definition) is 2. The van der Waals surface area contributed by atoms with E-state index in [1.165, 1.54) is 18.0 Å². The van der Waals surface area contributed by atoms with Gasteiger partial charge in [-0.05, 0) is 61.5 Å². The van der Waals surface area contributed by atoms with Crippen molar-refractivity contribution in [2.24, 2.45) is 0 Å². The third kappa shape index (κ3) is 6.22. The van der Waals surface area contributed by atoms with E-state index in [0.29, 0.717) is 27.1 Å². The lowest BCUT2D eigenvalue weighted by Crippen LogP contribution is -2.22. The van der Waals surface area contributed by atoms with Gasteiger partial charge in [0.1, 0.15) is 5.82 Å². The lowest BCUT2D eigenvalue weighted by Gasteiger charge is -2.12. The molecular weight excluding hydrogens is 429 g/mol. The molecule has 5 nitrogen and oxygen atoms in total. The van der Waals surface area contributed by atoms with Crippen molar-refractivity contribution in [2.45, 2.75) is 17.1 Å². The molecule has 0 aliphatic carbocycles. The van der Waals surface area contributed by atoms with Gasteiger partial charge < -0.3 is 10.6 Å². The van der Waals surface area contributed by atoms with Crippen molar-refractivity contribution in [3.8, 4) is 0 Å². The van der Waals surface area contributed by atoms with E-state index in [1.807, 2.05) is 19.1 Å². The molecule has 0 radical (unpaired) electrons. The summed E-state index contributed by atoms with van der Waals surface area (Å²) in [6.45, 7) is 1.81. The SMILES string of the molecule is CC(Sc1ccc(NC(=O)c2cccc(Cl)c2)cc1)C(=O)Nc1ccc(Cl)cn1. The summed E-state index contributed by atoms with van der Waals surface area (Å²) in [5.41, 5.74) is 1.14. The van der Waals surface area contributed by atoms with Crippen molar-refractivity contribution in [1.29, 1.82) is 0 Å². The van der Waals surface area contributed by atoms with Crippen LogP contribution in [0.5, 0.6) is 0 Å². The van der Waals surface area contributed by atoms with E-state index in [0.717, 1.165) is 4.90 Å². The molecule has 2 N–H and O–H groups in total. The minimum atomic E-state index is -0.334. The third-order valence-corrected chi connectivity index (χ3v) is 5.43. The van der Waals surface area contributed by atoms with Crippen LogP contribution < -0.4 is 10.6 Å². The zero-order valence-corrected chi connectivity index (χ0v) is 17.7. The predicted octanol–water partition coefficient (Wildman–Crippen LogP) is 5.76. The number of halogens is 2. The largest absolute Gasteiger partial charge is 0.322 e. The van der Waals surface area contributed by atoms with E-state index in [1.54, 1.807) is 48.5 Å². The summed E-state index contributed by atoms with van der Waals surface area (Å²) in [6.07, 6.45) is 1.48. The standard InChI is InChI=1S/C21H17Cl2N3O2S/c1-13(20(27)26-19-10-5-16(23)12-24-19)29-18-8-6-17(7-9-18)25-21(28)14-3-2-4-15(22)11-14/h2-13H,1H3,(H,25,28)(H,24,26,27). The molecule has 0 saturated carbocycles. The maximum Gasteiger partial charge on any atom is 0.255 e. The van der Waals surface area contributed by atoms with Crippen LogP contribution in [0.3, 0.4) is 0 Å². The average molecular weight is 446 g/mol. The van der Waals surface area contributed by atoms with Gasteiger partial charge in [0, 0.05) is 27.4 Å². The molecule has 0 saturated heterocycles. The van der Waals surface area contributed by atoms with E-state index in [-0.39, 0.29) is 17.1 Å². The molecule has 2 amide bonds. The zero-order chi connectivity index (χ0) is 20.8. The molecule has 29 heavy (non-hydrogen) atoms. The van der Waals surface area contributed by atoms with Gasteiger partial charge in [-0.15, -0.1) is 11.8 Å². The summed E-state index contributed by atoms with van der Waals surface area (Å²) in [7, 11) is 0. The summed E-state index contributed by atoms with van der Waals surface area (Å²) < 4.78 is 0. The maximum absolute atomic E-state index is 12.3. The van der Waals surface area contributed by atoms with Gasteiger partial charge in [0.05, 0.1) is 10.3 Å². The van der Waals surface area contributed by atoms with Crippen molar-refractivity contribution in [3.05, 3.63) is 82.5 Å². The van der Waals surface area contributed by atoms with Gasteiger partial charge in [-0.2, -0.15) is 0 Å². The van der Waals surface area contributed by atoms with E-state index in [2.05, 4.69) is 15.6 Å². The Labute approximate surface area is 182 Å². The molecule has 3 rings (SSSR count). The maximum atomic E-state index is 12.3. The number of hydrogen-bond acceptors (Lipinski definition) is 4. The Bertz CT molecular complexity index is 1010. The molecule has 2 aromatic carbocycles. The summed E-state index contributed by atoms with van der Waals surface area (Å²) in [5, 5.41) is 6.25. The quantitative estimate of drug-likeness (QED) is 0.473. The normalized spacial score (nSPS) is 11.6. The number of rotatable bonds is 6. The first kappa shape index (κ1) is 21.2. The van der Waals surface area contributed by atoms with Crippen molar-refractivity contribution < 1.29 is 9.59 Å². The Hall–Kier alpha value is -2.54. The highest BCUT2D eigenvalue weighted by atomic mass is 35.5. The molecular formula is C21H17Cl2N3O2S. The number of carbonyl (C=O) groups is 2. The second kappa shape index (κ2) is 9.78. The molecule has 1 heterocycles. The fourth-order valence-corrected chi connectivity index (χ4v) is 3.55. The highest BCUT2D eigenvalue weighted by Gasteiger charge is 2.15. The number of amides is 2. The Morgan fingerprint density at radius 1 is 0.966 bits per heavy atom. The lowest BCUT2D eigenvalue weighted by atomic mass is 10.2. The van der Waals surface area contributed by atoms with Crippen molar-refractivity contribution in [1.82, 2.24) is 4.98 Å². The van der Waals surface area contributed by atoms with Gasteiger partial charge in [-0.3, -0.25) is 9.59 Å². The molecule has 0 bridgehead atoms. The molecule has 1 unspecified atom stereocenters. The number of pyridine rings is 1. The Kier molecular flexibility index (Phi) is 7.14. The molecule has 0 aliphatic rings. The summed E-state index contributed by atoms with van der Waals surface area (Å²) in [4.78, 5) is 29.6. The lowest BCUT2D eigenvalue weighted by molar-refractivity contribution is -0.115. The Balaban J connectivity index is 1.56. The second-order valence-corrected chi connectivity index (χ2v) is 8.39. The molecule has 3 aromatic rings. The minimum Gasteiger partial charge on any atom is -0.322 e. The van der Waals surface area contributed by atoms with Crippen LogP contribution >= 0.6 is 35.0 Å². The molecule has 1 atom stereocenters. The molecule has 0 spiro atoms. The van der Waals surface area contributed by atoms with Gasteiger partial charge in [0.25, 0.3) is 5.91 Å². The molecule has 0 aliphatic heterocycles. The van der Waals surface area contributed by atoms with Crippen LogP contribution in [0.25, 0.3) is 0 Å². The van der Waals surface area contributed by atoms with E-state index >= 15 is 0 Å². The van der Waals surface area contributed by atoms with E-state index in [9.17, 15) is 9.59 Å². The van der Waals surface area contributed by atoms with Crippen LogP contribution in [0.4, 0.5) is 11.5 Å². The monoisotopic (exact) mass is 445 g/mol. The number of nitrogens with zero attached hydrogens (tertiary/aromatic N) is 1. The number of benzene rings is 2. The first-order valence-electron chi connectivity index (χ1n) is 8.67. The second-order valence-electron chi connectivity index (χ2n) is 6.10. The van der Waals surface area contributed by atoms with Crippen LogP contribution in [-0.4, -0.2) is 22.0 Å². The predicted molar refractivity (Wildman–Crippen MR) is 119 cm³/mol. The van der Waals surface area contributed by atoms with E-state index in [4.69, 9.17) is 23.2 Å². The van der Waals surface area contributed by atoms with Crippen LogP contribution in [0.1, 0.15) is 17.3 Å². The Morgan fingerprint density at radius 3 is 2.38 bits per heavy atom. The number of nitrogens with one attached hydrogen (secondary N) is 2. The molecule has 1 aromatic heterocycles.